The van der Waals surface area contributed by atoms with Crippen LogP contribution in [0, 0.1) is 0 Å². The Morgan fingerprint density at radius 2 is 1.89 bits per heavy atom. The minimum absolute atomic E-state index is 0.127. The first kappa shape index (κ1) is 25.5. The number of carbonyl (C=O) groups excluding carboxylic acids is 1. The highest BCUT2D eigenvalue weighted by molar-refractivity contribution is 7.89. The van der Waals surface area contributed by atoms with Crippen molar-refractivity contribution in [1.29, 1.82) is 0 Å². The van der Waals surface area contributed by atoms with E-state index in [0.29, 0.717) is 17.9 Å². The number of aromatic nitrogens is 5. The Morgan fingerprint density at radius 1 is 1.19 bits per heavy atom. The van der Waals surface area contributed by atoms with E-state index >= 15 is 0 Å². The van der Waals surface area contributed by atoms with Gasteiger partial charge in [0.25, 0.3) is 0 Å². The van der Waals surface area contributed by atoms with Gasteiger partial charge in [-0.1, -0.05) is 53.3 Å². The van der Waals surface area contributed by atoms with Crippen molar-refractivity contribution in [2.75, 3.05) is 12.9 Å². The fourth-order valence-corrected chi connectivity index (χ4v) is 4.50. The predicted octanol–water partition coefficient (Wildman–Crippen LogP) is 1.01. The summed E-state index contributed by atoms with van der Waals surface area (Å²) in [5.41, 5.74) is 7.19. The number of benzene rings is 2. The van der Waals surface area contributed by atoms with Crippen molar-refractivity contribution >= 4 is 26.8 Å². The number of rotatable bonds is 10. The fraction of sp³-hybridized carbons (Fsp3) is 0.333. The maximum Gasteiger partial charge on any atom is 0.332 e. The smallest absolute Gasteiger partial charge is 0.332 e. The fourth-order valence-electron chi connectivity index (χ4n) is 3.67. The normalized spacial score (nSPS) is 13.1. The van der Waals surface area contributed by atoms with Gasteiger partial charge in [-0.15, -0.1) is 0 Å². The van der Waals surface area contributed by atoms with Crippen molar-refractivity contribution in [1.82, 2.24) is 24.7 Å². The highest BCUT2D eigenvalue weighted by atomic mass is 32.2. The minimum Gasteiger partial charge on any atom is -0.374 e. The summed E-state index contributed by atoms with van der Waals surface area (Å²) in [6, 6.07) is 16.3. The lowest BCUT2D eigenvalue weighted by Crippen LogP contribution is -2.51. The number of nitrogens with one attached hydrogen (secondary N) is 2. The van der Waals surface area contributed by atoms with Gasteiger partial charge >= 0.3 is 5.82 Å². The summed E-state index contributed by atoms with van der Waals surface area (Å²) < 4.78 is 31.6. The molecule has 1 atom stereocenters. The molecule has 0 unspecified atom stereocenters. The Kier molecular flexibility index (Phi) is 7.20. The van der Waals surface area contributed by atoms with E-state index in [1.165, 1.54) is 8.77 Å². The number of para-hydroxylation sites is 1. The third-order valence-electron chi connectivity index (χ3n) is 5.54. The maximum absolute atomic E-state index is 12.6. The molecule has 1 amide bonds. The molecule has 0 saturated heterocycles. The number of tetrazole rings is 1. The zero-order chi connectivity index (χ0) is 25.9. The average molecular weight is 513 g/mol. The molecule has 36 heavy (non-hydrogen) atoms. The summed E-state index contributed by atoms with van der Waals surface area (Å²) in [5, 5.41) is 15.2. The topological polar surface area (TPSA) is 149 Å². The molecular weight excluding hydrogens is 482 g/mol. The van der Waals surface area contributed by atoms with Crippen molar-refractivity contribution < 1.29 is 22.7 Å². The van der Waals surface area contributed by atoms with Gasteiger partial charge in [0.2, 0.25) is 15.9 Å². The summed E-state index contributed by atoms with van der Waals surface area (Å²) in [7, 11) is -3.48. The Balaban J connectivity index is 1.56. The molecule has 2 heterocycles. The van der Waals surface area contributed by atoms with Crippen molar-refractivity contribution in [3.8, 4) is 0 Å². The zero-order valence-electron chi connectivity index (χ0n) is 20.4. The second-order valence-electron chi connectivity index (χ2n) is 9.21. The number of nitrogens with two attached hydrogens (primary N) is 1. The molecule has 11 nitrogen and oxygen atoms in total. The van der Waals surface area contributed by atoms with E-state index in [4.69, 9.17) is 10.5 Å². The van der Waals surface area contributed by atoms with Crippen LogP contribution in [0.3, 0.4) is 0 Å². The summed E-state index contributed by atoms with van der Waals surface area (Å²) in [5.74, 6) is -0.0594. The van der Waals surface area contributed by atoms with Crippen LogP contribution in [-0.2, 0) is 32.7 Å². The number of hydrogen-bond acceptors (Lipinski definition) is 7. The Morgan fingerprint density at radius 3 is 2.58 bits per heavy atom. The van der Waals surface area contributed by atoms with Crippen LogP contribution in [0.4, 0.5) is 0 Å². The van der Waals surface area contributed by atoms with Crippen LogP contribution >= 0.6 is 0 Å². The summed E-state index contributed by atoms with van der Waals surface area (Å²) >= 11 is 0. The zero-order valence-corrected chi connectivity index (χ0v) is 21.2. The molecule has 4 rings (SSSR count). The summed E-state index contributed by atoms with van der Waals surface area (Å²) in [6.45, 7) is 3.94. The van der Waals surface area contributed by atoms with E-state index in [0.717, 1.165) is 22.8 Å². The molecule has 2 aromatic carbocycles. The third-order valence-corrected chi connectivity index (χ3v) is 6.56. The van der Waals surface area contributed by atoms with Gasteiger partial charge in [-0.2, -0.15) is 0 Å². The lowest BCUT2D eigenvalue weighted by atomic mass is 10.1. The molecule has 0 radical (unpaired) electrons. The molecule has 0 aliphatic heterocycles. The molecule has 12 heteroatoms. The van der Waals surface area contributed by atoms with Crippen LogP contribution in [0.25, 0.3) is 10.9 Å². The number of nitrogens with zero attached hydrogens (tertiary/aromatic N) is 4. The second kappa shape index (κ2) is 10.2. The van der Waals surface area contributed by atoms with E-state index in [2.05, 4.69) is 20.7 Å². The number of aromatic amines is 1. The molecular formula is C24H30N7O4S+. The first-order valence-corrected chi connectivity index (χ1v) is 13.2. The minimum atomic E-state index is -3.48. The highest BCUT2D eigenvalue weighted by Gasteiger charge is 2.31. The summed E-state index contributed by atoms with van der Waals surface area (Å²) in [6.07, 6.45) is 2.74. The van der Waals surface area contributed by atoms with Crippen LogP contribution < -0.4 is 15.8 Å². The van der Waals surface area contributed by atoms with Gasteiger partial charge < -0.3 is 15.8 Å². The van der Waals surface area contributed by atoms with E-state index in [1.807, 2.05) is 42.5 Å². The lowest BCUT2D eigenvalue weighted by molar-refractivity contribution is -0.798. The predicted molar refractivity (Wildman–Crippen MR) is 133 cm³/mol. The van der Waals surface area contributed by atoms with Gasteiger partial charge in [-0.25, -0.2) is 12.4 Å². The monoisotopic (exact) mass is 512 g/mol. The Labute approximate surface area is 209 Å². The van der Waals surface area contributed by atoms with Crippen molar-refractivity contribution in [2.45, 2.75) is 38.6 Å². The molecule has 4 N–H and O–H groups in total. The third kappa shape index (κ3) is 5.96. The number of fused-ring (bicyclic) bond motifs is 1. The van der Waals surface area contributed by atoms with E-state index in [-0.39, 0.29) is 19.1 Å². The molecule has 4 aromatic rings. The number of ether oxygens (including phenoxy) is 1. The quantitative estimate of drug-likeness (QED) is 0.269. The van der Waals surface area contributed by atoms with Crippen molar-refractivity contribution in [3.05, 3.63) is 77.7 Å². The van der Waals surface area contributed by atoms with Gasteiger partial charge in [0.1, 0.15) is 6.04 Å². The highest BCUT2D eigenvalue weighted by Crippen LogP contribution is 2.22. The van der Waals surface area contributed by atoms with Crippen LogP contribution in [0.1, 0.15) is 36.8 Å². The number of hydrogen-bond donors (Lipinski definition) is 3. The largest absolute Gasteiger partial charge is 0.374 e. The first-order valence-electron chi connectivity index (χ1n) is 11.4. The maximum atomic E-state index is 12.6. The van der Waals surface area contributed by atoms with Gasteiger partial charge in [-0.05, 0) is 35.8 Å². The van der Waals surface area contributed by atoms with E-state index in [1.54, 1.807) is 32.2 Å². The molecule has 0 aliphatic rings. The van der Waals surface area contributed by atoms with Gasteiger partial charge in [0.05, 0.1) is 35.6 Å². The molecule has 2 aromatic heterocycles. The molecule has 0 spiro atoms. The van der Waals surface area contributed by atoms with Gasteiger partial charge in [-0.3, -0.25) is 4.79 Å². The van der Waals surface area contributed by atoms with E-state index < -0.39 is 21.6 Å². The van der Waals surface area contributed by atoms with Crippen LogP contribution in [0.5, 0.6) is 0 Å². The van der Waals surface area contributed by atoms with E-state index in [9.17, 15) is 13.2 Å². The van der Waals surface area contributed by atoms with Crippen molar-refractivity contribution in [3.63, 3.8) is 0 Å². The second-order valence-corrected chi connectivity index (χ2v) is 11.1. The molecule has 0 bridgehead atoms. The number of amides is 1. The van der Waals surface area contributed by atoms with Crippen LogP contribution in [-0.4, -0.2) is 52.1 Å². The molecule has 0 fully saturated rings. The van der Waals surface area contributed by atoms with Crippen molar-refractivity contribution in [2.24, 2.45) is 5.73 Å². The number of carbonyl (C=O) groups is 1. The Bertz CT molecular complexity index is 1460. The van der Waals surface area contributed by atoms with Crippen LogP contribution in [0.2, 0.25) is 0 Å². The lowest BCUT2D eigenvalue weighted by Gasteiger charge is -2.21. The first-order chi connectivity index (χ1) is 17.0. The molecule has 190 valence electrons. The van der Waals surface area contributed by atoms with Crippen LogP contribution in [0.15, 0.2) is 60.8 Å². The number of H-pyrrole nitrogens is 1. The van der Waals surface area contributed by atoms with Gasteiger partial charge in [0, 0.05) is 17.1 Å². The Hall–Kier alpha value is -3.61. The summed E-state index contributed by atoms with van der Waals surface area (Å²) in [4.78, 5) is 14.1. The standard InChI is InChI=1S/C24H29N7O4S/c1-24(2,25)23(32)26-20(16-35-15-17-9-5-4-6-10-17)22-27-29-31(28-22)14-18-13-30(36(3,33)34)21-12-8-7-11-19(18)21/h4-13,20H,14-16,25H2,1-3H3,(H,26,32)/p+1/t20-/m1/s1. The van der Waals surface area contributed by atoms with Gasteiger partial charge in [0.15, 0.2) is 6.54 Å². The molecule has 0 aliphatic carbocycles. The SMILES string of the molecule is CC(C)(N)C(=O)N[C@H](COCc1ccccc1)c1n[nH][n+](Cc2cn(S(C)(=O)=O)c3ccccc23)n1. The average Bonchev–Trinajstić information content (AvgIpc) is 3.44. The molecule has 0 saturated carbocycles.